The van der Waals surface area contributed by atoms with Crippen molar-refractivity contribution >= 4 is 62.6 Å². The maximum absolute atomic E-state index is 14.5. The normalized spacial score (nSPS) is 17.3. The van der Waals surface area contributed by atoms with Crippen molar-refractivity contribution in [1.82, 2.24) is 15.2 Å². The van der Waals surface area contributed by atoms with Crippen LogP contribution < -0.4 is 20.4 Å². The van der Waals surface area contributed by atoms with Crippen LogP contribution in [-0.2, 0) is 11.2 Å². The summed E-state index contributed by atoms with van der Waals surface area (Å²) in [4.78, 5) is 57.3. The van der Waals surface area contributed by atoms with Crippen molar-refractivity contribution in [3.63, 3.8) is 0 Å². The second-order valence-electron chi connectivity index (χ2n) is 11.8. The van der Waals surface area contributed by atoms with Crippen molar-refractivity contribution in [2.45, 2.75) is 31.1 Å². The van der Waals surface area contributed by atoms with Crippen LogP contribution in [0.2, 0.25) is 0 Å². The third-order valence-corrected chi connectivity index (χ3v) is 9.40. The van der Waals surface area contributed by atoms with Gasteiger partial charge in [0.15, 0.2) is 11.5 Å². The number of carbonyl (C=O) groups excluding carboxylic acids is 3. The number of hydrogen-bond donors (Lipinski definition) is 4. The first-order valence-electron chi connectivity index (χ1n) is 15.9. The number of halogens is 1. The van der Waals surface area contributed by atoms with E-state index in [1.807, 2.05) is 52.9 Å². The van der Waals surface area contributed by atoms with Gasteiger partial charge >= 0.3 is 5.63 Å². The molecule has 12 nitrogen and oxygen atoms in total. The van der Waals surface area contributed by atoms with Crippen LogP contribution in [0.3, 0.4) is 0 Å². The Morgan fingerprint density at radius 1 is 1.10 bits per heavy atom. The highest BCUT2D eigenvalue weighted by atomic mass is 127. The van der Waals surface area contributed by atoms with E-state index in [4.69, 9.17) is 13.9 Å². The average Bonchev–Trinajstić information content (AvgIpc) is 3.55. The Kier molecular flexibility index (Phi) is 10.6. The number of H-pyrrole nitrogens is 1. The first-order valence-corrected chi connectivity index (χ1v) is 17.0. The van der Waals surface area contributed by atoms with Gasteiger partial charge < -0.3 is 39.3 Å². The summed E-state index contributed by atoms with van der Waals surface area (Å²) in [5.41, 5.74) is 1.53. The van der Waals surface area contributed by atoms with E-state index in [0.29, 0.717) is 32.8 Å². The van der Waals surface area contributed by atoms with Crippen LogP contribution >= 0.6 is 22.6 Å². The molecule has 4 N–H and O–H groups in total. The molecule has 0 bridgehead atoms. The van der Waals surface area contributed by atoms with Gasteiger partial charge in [-0.05, 0) is 70.5 Å². The van der Waals surface area contributed by atoms with Gasteiger partial charge in [-0.15, -0.1) is 0 Å². The SMILES string of the molecule is COc1cc(C=O)cc(I)c1O[C@H]1C=C(C(=O)NCCO)C[C@@H](N(CCc2cc3ccccc3[nH]2)C(=O)c2cc3ccccc3oc2=O)[C@@H]1O. The number of aliphatic hydroxyl groups is 2. The number of fused-ring (bicyclic) bond motifs is 2. The molecule has 50 heavy (non-hydrogen) atoms. The minimum absolute atomic E-state index is 0.0189. The van der Waals surface area contributed by atoms with Crippen LogP contribution in [0.5, 0.6) is 11.5 Å². The molecule has 258 valence electrons. The molecular weight excluding hydrogens is 757 g/mol. The van der Waals surface area contributed by atoms with Gasteiger partial charge in [0.05, 0.1) is 23.3 Å². The highest BCUT2D eigenvalue weighted by Gasteiger charge is 2.41. The van der Waals surface area contributed by atoms with Crippen LogP contribution in [0.15, 0.2) is 93.7 Å². The summed E-state index contributed by atoms with van der Waals surface area (Å²) in [5, 5.41) is 25.5. The van der Waals surface area contributed by atoms with Gasteiger partial charge in [0, 0.05) is 53.7 Å². The number of aromatic nitrogens is 1. The zero-order chi connectivity index (χ0) is 35.4. The number of aliphatic hydroxyl groups excluding tert-OH is 2. The highest BCUT2D eigenvalue weighted by molar-refractivity contribution is 14.1. The number of methoxy groups -OCH3 is 1. The summed E-state index contributed by atoms with van der Waals surface area (Å²) >= 11 is 1.98. The molecule has 0 radical (unpaired) electrons. The number of hydrogen-bond acceptors (Lipinski definition) is 9. The zero-order valence-corrected chi connectivity index (χ0v) is 29.1. The van der Waals surface area contributed by atoms with E-state index in [1.165, 1.54) is 30.2 Å². The number of aromatic amines is 1. The summed E-state index contributed by atoms with van der Waals surface area (Å²) in [6.07, 6.45) is -0.193. The van der Waals surface area contributed by atoms with Crippen molar-refractivity contribution in [3.05, 3.63) is 115 Å². The van der Waals surface area contributed by atoms with Crippen molar-refractivity contribution < 1.29 is 38.5 Å². The molecule has 0 unspecified atom stereocenters. The summed E-state index contributed by atoms with van der Waals surface area (Å²) in [7, 11) is 1.41. The number of nitrogens with zero attached hydrogens (tertiary/aromatic N) is 1. The van der Waals surface area contributed by atoms with E-state index in [2.05, 4.69) is 10.3 Å². The summed E-state index contributed by atoms with van der Waals surface area (Å²) in [6.45, 7) is -0.266. The Labute approximate surface area is 299 Å². The minimum atomic E-state index is -1.39. The fourth-order valence-corrected chi connectivity index (χ4v) is 6.88. The summed E-state index contributed by atoms with van der Waals surface area (Å²) < 4.78 is 17.8. The maximum atomic E-state index is 14.5. The quantitative estimate of drug-likeness (QED) is 0.0829. The fraction of sp³-hybridized carbons (Fsp3) is 0.243. The lowest BCUT2D eigenvalue weighted by Gasteiger charge is -2.40. The average molecular weight is 792 g/mol. The molecule has 0 saturated carbocycles. The smallest absolute Gasteiger partial charge is 0.349 e. The van der Waals surface area contributed by atoms with E-state index in [9.17, 15) is 29.4 Å². The Hall–Kier alpha value is -4.99. The highest BCUT2D eigenvalue weighted by Crippen LogP contribution is 2.37. The Balaban J connectivity index is 1.41. The van der Waals surface area contributed by atoms with Gasteiger partial charge in [-0.1, -0.05) is 36.4 Å². The number of aldehydes is 1. The van der Waals surface area contributed by atoms with Crippen molar-refractivity contribution in [2.24, 2.45) is 0 Å². The molecule has 0 saturated heterocycles. The number of para-hydroxylation sites is 2. The maximum Gasteiger partial charge on any atom is 0.349 e. The van der Waals surface area contributed by atoms with E-state index >= 15 is 0 Å². The lowest BCUT2D eigenvalue weighted by Crippen LogP contribution is -2.56. The second-order valence-corrected chi connectivity index (χ2v) is 12.9. The predicted octanol–water partition coefficient (Wildman–Crippen LogP) is 4.00. The third kappa shape index (κ3) is 7.29. The molecule has 3 aromatic carbocycles. The number of carbonyl (C=O) groups is 3. The molecule has 3 atom stereocenters. The molecule has 13 heteroatoms. The van der Waals surface area contributed by atoms with Gasteiger partial charge in [0.25, 0.3) is 5.91 Å². The predicted molar refractivity (Wildman–Crippen MR) is 194 cm³/mol. The summed E-state index contributed by atoms with van der Waals surface area (Å²) in [5.74, 6) is -0.756. The first kappa shape index (κ1) is 34.9. The van der Waals surface area contributed by atoms with Crippen molar-refractivity contribution in [3.8, 4) is 11.5 Å². The zero-order valence-electron chi connectivity index (χ0n) is 26.9. The van der Waals surface area contributed by atoms with E-state index in [0.717, 1.165) is 16.6 Å². The Morgan fingerprint density at radius 3 is 2.60 bits per heavy atom. The molecule has 0 fully saturated rings. The number of benzene rings is 3. The fourth-order valence-electron chi connectivity index (χ4n) is 6.13. The topological polar surface area (TPSA) is 171 Å². The number of amides is 2. The lowest BCUT2D eigenvalue weighted by molar-refractivity contribution is -0.118. The van der Waals surface area contributed by atoms with Crippen LogP contribution in [0.25, 0.3) is 21.9 Å². The number of rotatable bonds is 12. The van der Waals surface area contributed by atoms with Crippen LogP contribution in [0, 0.1) is 3.57 Å². The van der Waals surface area contributed by atoms with Crippen LogP contribution in [0.1, 0.15) is 32.8 Å². The second kappa shape index (κ2) is 15.3. The van der Waals surface area contributed by atoms with Gasteiger partial charge in [0.1, 0.15) is 29.6 Å². The lowest BCUT2D eigenvalue weighted by atomic mass is 9.87. The molecule has 2 amide bonds. The van der Waals surface area contributed by atoms with Gasteiger partial charge in [0.2, 0.25) is 5.91 Å². The van der Waals surface area contributed by atoms with Gasteiger partial charge in [-0.3, -0.25) is 14.4 Å². The molecule has 0 spiro atoms. The first-order chi connectivity index (χ1) is 24.2. The molecule has 2 aromatic heterocycles. The van der Waals surface area contributed by atoms with Gasteiger partial charge in [-0.25, -0.2) is 4.79 Å². The van der Waals surface area contributed by atoms with E-state index < -0.39 is 35.7 Å². The van der Waals surface area contributed by atoms with E-state index in [1.54, 1.807) is 30.3 Å². The van der Waals surface area contributed by atoms with Crippen LogP contribution in [-0.4, -0.2) is 83.3 Å². The number of ether oxygens (including phenoxy) is 2. The molecular formula is C37H34IN3O9. The number of nitrogens with one attached hydrogen (secondary N) is 2. The largest absolute Gasteiger partial charge is 0.493 e. The summed E-state index contributed by atoms with van der Waals surface area (Å²) in [6, 6.07) is 20.0. The van der Waals surface area contributed by atoms with E-state index in [-0.39, 0.29) is 48.8 Å². The Bertz CT molecular complexity index is 2120. The third-order valence-electron chi connectivity index (χ3n) is 8.60. The van der Waals surface area contributed by atoms with Crippen molar-refractivity contribution in [1.29, 1.82) is 0 Å². The molecule has 2 heterocycles. The molecule has 6 rings (SSSR count). The molecule has 5 aromatic rings. The molecule has 1 aliphatic rings. The molecule has 0 aliphatic heterocycles. The van der Waals surface area contributed by atoms with Gasteiger partial charge in [-0.2, -0.15) is 0 Å². The monoisotopic (exact) mass is 791 g/mol. The standard InChI is InChI=1S/C37H34IN3O9/c1-48-32-15-21(20-43)14-27(38)34(32)49-31-19-24(35(45)39-11-13-42)18-29(33(31)44)41(12-10-25-16-22-6-2-4-8-28(22)40-25)36(46)26-17-23-7-3-5-9-30(23)50-37(26)47/h2-9,14-17,19-20,29,31,33,40,42,44H,10-13,18H2,1H3,(H,39,45)/t29-,31+,33+/m1/s1. The molecule has 1 aliphatic carbocycles. The minimum Gasteiger partial charge on any atom is -0.493 e. The van der Waals surface area contributed by atoms with Crippen LogP contribution in [0.4, 0.5) is 0 Å². The van der Waals surface area contributed by atoms with Crippen molar-refractivity contribution in [2.75, 3.05) is 26.8 Å². The Morgan fingerprint density at radius 2 is 1.86 bits per heavy atom.